The largest absolute Gasteiger partial charge is 0.465 e. The zero-order valence-corrected chi connectivity index (χ0v) is 15.4. The number of benzene rings is 2. The van der Waals surface area contributed by atoms with Gasteiger partial charge in [-0.1, -0.05) is 17.4 Å². The molecule has 2 N–H and O–H groups in total. The SMILES string of the molecule is CN(C(=O)O)[C@@H]1CC[C@H](C(=O)Nc2nc3ccc4cc(F)ccc4c3s2)C1. The Hall–Kier alpha value is -2.74. The molecule has 1 aliphatic carbocycles. The summed E-state index contributed by atoms with van der Waals surface area (Å²) < 4.78 is 14.3. The molecule has 3 aromatic rings. The van der Waals surface area contributed by atoms with Gasteiger partial charge in [-0.25, -0.2) is 14.2 Å². The number of aromatic nitrogens is 1. The van der Waals surface area contributed by atoms with E-state index in [9.17, 15) is 14.0 Å². The molecule has 6 nitrogen and oxygen atoms in total. The summed E-state index contributed by atoms with van der Waals surface area (Å²) in [6.07, 6.45) is 0.871. The van der Waals surface area contributed by atoms with Gasteiger partial charge < -0.3 is 15.3 Å². The lowest BCUT2D eigenvalue weighted by Gasteiger charge is -2.20. The van der Waals surface area contributed by atoms with Gasteiger partial charge in [-0.3, -0.25) is 4.79 Å². The molecule has 1 heterocycles. The topological polar surface area (TPSA) is 82.5 Å². The number of carboxylic acid groups (broad SMARTS) is 1. The van der Waals surface area contributed by atoms with Crippen LogP contribution in [0.3, 0.4) is 0 Å². The summed E-state index contributed by atoms with van der Waals surface area (Å²) in [4.78, 5) is 29.4. The van der Waals surface area contributed by atoms with Crippen LogP contribution in [-0.2, 0) is 4.79 Å². The Morgan fingerprint density at radius 3 is 2.89 bits per heavy atom. The highest BCUT2D eigenvalue weighted by atomic mass is 32.1. The van der Waals surface area contributed by atoms with Crippen LogP contribution < -0.4 is 5.32 Å². The molecule has 140 valence electrons. The number of fused-ring (bicyclic) bond motifs is 3. The van der Waals surface area contributed by atoms with E-state index in [1.807, 2.05) is 12.1 Å². The van der Waals surface area contributed by atoms with E-state index in [0.717, 1.165) is 21.0 Å². The Morgan fingerprint density at radius 1 is 1.30 bits per heavy atom. The zero-order chi connectivity index (χ0) is 19.1. The van der Waals surface area contributed by atoms with E-state index in [-0.39, 0.29) is 23.7 Å². The molecule has 2 aromatic carbocycles. The lowest BCUT2D eigenvalue weighted by Crippen LogP contribution is -2.34. The molecule has 2 amide bonds. The van der Waals surface area contributed by atoms with Gasteiger partial charge in [-0.2, -0.15) is 0 Å². The van der Waals surface area contributed by atoms with Crippen molar-refractivity contribution < 1.29 is 19.1 Å². The molecule has 0 unspecified atom stereocenters. The molecule has 4 rings (SSSR count). The molecule has 0 bridgehead atoms. The van der Waals surface area contributed by atoms with Crippen molar-refractivity contribution in [3.05, 3.63) is 36.1 Å². The first-order valence-corrected chi connectivity index (χ1v) is 9.49. The van der Waals surface area contributed by atoms with Gasteiger partial charge in [-0.15, -0.1) is 0 Å². The molecule has 8 heteroatoms. The maximum absolute atomic E-state index is 13.4. The van der Waals surface area contributed by atoms with Crippen LogP contribution in [0.1, 0.15) is 19.3 Å². The van der Waals surface area contributed by atoms with Gasteiger partial charge in [0.05, 0.1) is 10.2 Å². The second kappa shape index (κ2) is 6.77. The fraction of sp³-hybridized carbons (Fsp3) is 0.316. The molecular weight excluding hydrogens is 369 g/mol. The molecule has 1 aromatic heterocycles. The van der Waals surface area contributed by atoms with E-state index in [4.69, 9.17) is 5.11 Å². The second-order valence-electron chi connectivity index (χ2n) is 6.84. The fourth-order valence-corrected chi connectivity index (χ4v) is 4.65. The molecule has 0 saturated heterocycles. The highest BCUT2D eigenvalue weighted by Gasteiger charge is 2.34. The number of carbonyl (C=O) groups excluding carboxylic acids is 1. The number of rotatable bonds is 3. The standard InChI is InChI=1S/C19H18FN3O3S/c1-23(19(25)26)13-5-2-11(9-13)17(24)22-18-21-15-7-3-10-8-12(20)4-6-14(10)16(15)27-18/h3-4,6-8,11,13H,2,5,9H2,1H3,(H,25,26)(H,21,22,24)/t11-,13+/m0/s1. The number of nitrogens with zero attached hydrogens (tertiary/aromatic N) is 2. The number of anilines is 1. The number of hydrogen-bond donors (Lipinski definition) is 2. The van der Waals surface area contributed by atoms with Crippen molar-refractivity contribution in [2.45, 2.75) is 25.3 Å². The lowest BCUT2D eigenvalue weighted by molar-refractivity contribution is -0.119. The van der Waals surface area contributed by atoms with E-state index >= 15 is 0 Å². The average Bonchev–Trinajstić information content (AvgIpc) is 3.27. The fourth-order valence-electron chi connectivity index (χ4n) is 3.65. The zero-order valence-electron chi connectivity index (χ0n) is 14.6. The molecule has 27 heavy (non-hydrogen) atoms. The number of amides is 2. The molecule has 0 radical (unpaired) electrons. The summed E-state index contributed by atoms with van der Waals surface area (Å²) in [5.74, 6) is -0.651. The Morgan fingerprint density at radius 2 is 2.11 bits per heavy atom. The maximum Gasteiger partial charge on any atom is 0.407 e. The van der Waals surface area contributed by atoms with Gasteiger partial charge in [-0.05, 0) is 48.9 Å². The minimum absolute atomic E-state index is 0.132. The first kappa shape index (κ1) is 17.7. The molecule has 2 atom stereocenters. The van der Waals surface area contributed by atoms with E-state index in [1.54, 1.807) is 6.07 Å². The van der Waals surface area contributed by atoms with Crippen molar-refractivity contribution in [2.75, 3.05) is 12.4 Å². The van der Waals surface area contributed by atoms with Crippen molar-refractivity contribution in [1.29, 1.82) is 0 Å². The highest BCUT2D eigenvalue weighted by Crippen LogP contribution is 2.34. The molecule has 1 saturated carbocycles. The van der Waals surface area contributed by atoms with Crippen LogP contribution in [-0.4, -0.2) is 40.1 Å². The second-order valence-corrected chi connectivity index (χ2v) is 7.84. The Bertz CT molecular complexity index is 1050. The van der Waals surface area contributed by atoms with Crippen molar-refractivity contribution >= 4 is 49.5 Å². The number of hydrogen-bond acceptors (Lipinski definition) is 4. The third kappa shape index (κ3) is 3.32. The van der Waals surface area contributed by atoms with Gasteiger partial charge in [0.2, 0.25) is 5.91 Å². The summed E-state index contributed by atoms with van der Waals surface area (Å²) in [6.45, 7) is 0. The Balaban J connectivity index is 1.53. The third-order valence-corrected chi connectivity index (χ3v) is 6.21. The third-order valence-electron chi connectivity index (χ3n) is 5.19. The first-order valence-electron chi connectivity index (χ1n) is 8.68. The quantitative estimate of drug-likeness (QED) is 0.702. The predicted molar refractivity (Wildman–Crippen MR) is 103 cm³/mol. The van der Waals surface area contributed by atoms with Crippen LogP contribution >= 0.6 is 11.3 Å². The van der Waals surface area contributed by atoms with Crippen LogP contribution in [0.15, 0.2) is 30.3 Å². The van der Waals surface area contributed by atoms with Gasteiger partial charge in [0.15, 0.2) is 5.13 Å². The van der Waals surface area contributed by atoms with Crippen molar-refractivity contribution in [3.63, 3.8) is 0 Å². The van der Waals surface area contributed by atoms with Crippen LogP contribution in [0.2, 0.25) is 0 Å². The van der Waals surface area contributed by atoms with Crippen molar-refractivity contribution in [1.82, 2.24) is 9.88 Å². The van der Waals surface area contributed by atoms with Crippen LogP contribution in [0.4, 0.5) is 14.3 Å². The van der Waals surface area contributed by atoms with E-state index in [0.29, 0.717) is 24.4 Å². The molecule has 0 spiro atoms. The first-order chi connectivity index (χ1) is 12.9. The van der Waals surface area contributed by atoms with E-state index < -0.39 is 6.09 Å². The van der Waals surface area contributed by atoms with Crippen LogP contribution in [0, 0.1) is 11.7 Å². The minimum atomic E-state index is -0.976. The van der Waals surface area contributed by atoms with Gasteiger partial charge >= 0.3 is 6.09 Å². The summed E-state index contributed by atoms with van der Waals surface area (Å²) in [6, 6.07) is 8.11. The molecule has 1 aliphatic rings. The maximum atomic E-state index is 13.4. The van der Waals surface area contributed by atoms with Gasteiger partial charge in [0, 0.05) is 24.4 Å². The molecule has 0 aliphatic heterocycles. The summed E-state index contributed by atoms with van der Waals surface area (Å²) in [5.41, 5.74) is 0.754. The minimum Gasteiger partial charge on any atom is -0.465 e. The van der Waals surface area contributed by atoms with Crippen molar-refractivity contribution in [2.24, 2.45) is 5.92 Å². The summed E-state index contributed by atoms with van der Waals surface area (Å²) in [5, 5.41) is 14.1. The predicted octanol–water partition coefficient (Wildman–Crippen LogP) is 4.31. The van der Waals surface area contributed by atoms with E-state index in [1.165, 1.54) is 35.4 Å². The monoisotopic (exact) mass is 387 g/mol. The van der Waals surface area contributed by atoms with Gasteiger partial charge in [0.1, 0.15) is 5.82 Å². The van der Waals surface area contributed by atoms with Gasteiger partial charge in [0.25, 0.3) is 0 Å². The number of thiazole rings is 1. The molecular formula is C19H18FN3O3S. The van der Waals surface area contributed by atoms with Crippen LogP contribution in [0.5, 0.6) is 0 Å². The Kier molecular flexibility index (Phi) is 4.43. The lowest BCUT2D eigenvalue weighted by atomic mass is 10.1. The van der Waals surface area contributed by atoms with E-state index in [2.05, 4.69) is 10.3 Å². The molecule has 1 fully saturated rings. The summed E-state index contributed by atoms with van der Waals surface area (Å²) >= 11 is 1.36. The highest BCUT2D eigenvalue weighted by molar-refractivity contribution is 7.23. The number of carbonyl (C=O) groups is 2. The number of halogens is 1. The number of nitrogens with one attached hydrogen (secondary N) is 1. The smallest absolute Gasteiger partial charge is 0.407 e. The summed E-state index contributed by atoms with van der Waals surface area (Å²) in [7, 11) is 1.54. The average molecular weight is 387 g/mol. The van der Waals surface area contributed by atoms with Crippen molar-refractivity contribution in [3.8, 4) is 0 Å². The Labute approximate surface area is 158 Å². The van der Waals surface area contributed by atoms with Crippen LogP contribution in [0.25, 0.3) is 21.0 Å². The normalized spacial score (nSPS) is 19.5.